The first-order valence-electron chi connectivity index (χ1n) is 7.77. The van der Waals surface area contributed by atoms with Gasteiger partial charge in [-0.3, -0.25) is 4.90 Å². The highest BCUT2D eigenvalue weighted by atomic mass is 16.5. The van der Waals surface area contributed by atoms with Crippen LogP contribution in [0.3, 0.4) is 0 Å². The lowest BCUT2D eigenvalue weighted by Gasteiger charge is -2.31. The van der Waals surface area contributed by atoms with Gasteiger partial charge in [0.05, 0.1) is 13.2 Å². The van der Waals surface area contributed by atoms with Gasteiger partial charge in [0.15, 0.2) is 0 Å². The van der Waals surface area contributed by atoms with Crippen molar-refractivity contribution in [1.82, 2.24) is 10.2 Å². The summed E-state index contributed by atoms with van der Waals surface area (Å²) in [6, 6.07) is 6.85. The lowest BCUT2D eigenvalue weighted by molar-refractivity contribution is 0.0387. The molecule has 0 aromatic heterocycles. The number of piperidine rings is 1. The van der Waals surface area contributed by atoms with E-state index in [1.165, 1.54) is 11.1 Å². The molecule has 2 rings (SSSR count). The lowest BCUT2D eigenvalue weighted by atomic mass is 10.0. The van der Waals surface area contributed by atoms with Gasteiger partial charge in [0.2, 0.25) is 0 Å². The van der Waals surface area contributed by atoms with E-state index in [9.17, 15) is 0 Å². The summed E-state index contributed by atoms with van der Waals surface area (Å²) in [5, 5.41) is 3.29. The van der Waals surface area contributed by atoms with E-state index in [0.717, 1.165) is 38.2 Å². The van der Waals surface area contributed by atoms with Gasteiger partial charge in [-0.05, 0) is 44.5 Å². The fourth-order valence-electron chi connectivity index (χ4n) is 2.90. The summed E-state index contributed by atoms with van der Waals surface area (Å²) < 4.78 is 11.0. The van der Waals surface area contributed by atoms with Crippen LogP contribution in [-0.4, -0.2) is 45.4 Å². The van der Waals surface area contributed by atoms with E-state index >= 15 is 0 Å². The van der Waals surface area contributed by atoms with E-state index in [1.807, 2.05) is 14.2 Å². The summed E-state index contributed by atoms with van der Waals surface area (Å²) in [6.07, 6.45) is 2.66. The average molecular weight is 292 g/mol. The number of ether oxygens (including phenoxy) is 2. The Labute approximate surface area is 128 Å². The number of hydrogen-bond donors (Lipinski definition) is 1. The maximum absolute atomic E-state index is 5.53. The van der Waals surface area contributed by atoms with E-state index in [2.05, 4.69) is 35.3 Å². The van der Waals surface area contributed by atoms with Crippen molar-refractivity contribution in [2.45, 2.75) is 38.5 Å². The van der Waals surface area contributed by atoms with Crippen LogP contribution in [-0.2, 0) is 11.3 Å². The van der Waals surface area contributed by atoms with Crippen molar-refractivity contribution in [2.24, 2.45) is 0 Å². The molecule has 1 aromatic rings. The van der Waals surface area contributed by atoms with Gasteiger partial charge in [0, 0.05) is 38.3 Å². The Morgan fingerprint density at radius 1 is 1.29 bits per heavy atom. The molecule has 1 fully saturated rings. The van der Waals surface area contributed by atoms with Crippen molar-refractivity contribution in [3.05, 3.63) is 29.3 Å². The Hall–Kier alpha value is -1.10. The Morgan fingerprint density at radius 3 is 2.57 bits per heavy atom. The smallest absolute Gasteiger partial charge is 0.123 e. The van der Waals surface area contributed by atoms with Crippen LogP contribution in [0.1, 0.15) is 36.9 Å². The number of likely N-dealkylation sites (tertiary alicyclic amines) is 1. The fourth-order valence-corrected chi connectivity index (χ4v) is 2.90. The second-order valence-corrected chi connectivity index (χ2v) is 5.79. The standard InChI is InChI=1S/C17H28N2O2/c1-13(18-2)14-5-6-17(21-4)15(11-14)12-19-9-7-16(20-3)8-10-19/h5-6,11,13,16,18H,7-10,12H2,1-4H3. The van der Waals surface area contributed by atoms with Gasteiger partial charge in [-0.25, -0.2) is 0 Å². The zero-order chi connectivity index (χ0) is 15.2. The lowest BCUT2D eigenvalue weighted by Crippen LogP contribution is -2.36. The molecule has 0 radical (unpaired) electrons. The van der Waals surface area contributed by atoms with Crippen LogP contribution in [0.4, 0.5) is 0 Å². The Morgan fingerprint density at radius 2 is 2.00 bits per heavy atom. The minimum Gasteiger partial charge on any atom is -0.496 e. The predicted molar refractivity (Wildman–Crippen MR) is 85.8 cm³/mol. The molecular formula is C17H28N2O2. The number of nitrogens with one attached hydrogen (secondary N) is 1. The molecule has 4 nitrogen and oxygen atoms in total. The zero-order valence-electron chi connectivity index (χ0n) is 13.7. The minimum atomic E-state index is 0.355. The molecule has 1 N–H and O–H groups in total. The van der Waals surface area contributed by atoms with Crippen LogP contribution in [0.15, 0.2) is 18.2 Å². The summed E-state index contributed by atoms with van der Waals surface area (Å²) in [6.45, 7) is 5.31. The van der Waals surface area contributed by atoms with Crippen molar-refractivity contribution in [2.75, 3.05) is 34.4 Å². The van der Waals surface area contributed by atoms with Crippen molar-refractivity contribution >= 4 is 0 Å². The van der Waals surface area contributed by atoms with Crippen LogP contribution < -0.4 is 10.1 Å². The van der Waals surface area contributed by atoms with E-state index in [0.29, 0.717) is 12.1 Å². The second kappa shape index (κ2) is 7.78. The van der Waals surface area contributed by atoms with E-state index < -0.39 is 0 Å². The number of benzene rings is 1. The molecule has 1 saturated heterocycles. The minimum absolute atomic E-state index is 0.355. The Kier molecular flexibility index (Phi) is 6.03. The molecule has 0 aliphatic carbocycles. The van der Waals surface area contributed by atoms with Gasteiger partial charge in [0.1, 0.15) is 5.75 Å². The fraction of sp³-hybridized carbons (Fsp3) is 0.647. The van der Waals surface area contributed by atoms with Crippen LogP contribution in [0, 0.1) is 0 Å². The van der Waals surface area contributed by atoms with Crippen molar-refractivity contribution < 1.29 is 9.47 Å². The predicted octanol–water partition coefficient (Wildman–Crippen LogP) is 2.59. The number of rotatable bonds is 6. The van der Waals surface area contributed by atoms with Crippen LogP contribution in [0.5, 0.6) is 5.75 Å². The van der Waals surface area contributed by atoms with Crippen molar-refractivity contribution in [1.29, 1.82) is 0 Å². The topological polar surface area (TPSA) is 33.7 Å². The molecule has 1 unspecified atom stereocenters. The summed E-state index contributed by atoms with van der Waals surface area (Å²) in [4.78, 5) is 2.49. The summed E-state index contributed by atoms with van der Waals surface area (Å²) in [5.74, 6) is 0.982. The Bertz CT molecular complexity index is 442. The first-order valence-corrected chi connectivity index (χ1v) is 7.77. The maximum atomic E-state index is 5.53. The molecule has 1 aliphatic rings. The average Bonchev–Trinajstić information content (AvgIpc) is 2.54. The highest BCUT2D eigenvalue weighted by molar-refractivity contribution is 5.38. The number of methoxy groups -OCH3 is 2. The third-order valence-corrected chi connectivity index (χ3v) is 4.50. The molecule has 21 heavy (non-hydrogen) atoms. The third kappa shape index (κ3) is 4.19. The number of nitrogens with zero attached hydrogens (tertiary/aromatic N) is 1. The van der Waals surface area contributed by atoms with E-state index in [-0.39, 0.29) is 0 Å². The summed E-state index contributed by atoms with van der Waals surface area (Å²) >= 11 is 0. The van der Waals surface area contributed by atoms with Gasteiger partial charge in [-0.1, -0.05) is 6.07 Å². The molecule has 0 saturated carbocycles. The molecule has 1 heterocycles. The molecule has 1 aliphatic heterocycles. The molecule has 118 valence electrons. The SMILES string of the molecule is CNC(C)c1ccc(OC)c(CN2CCC(OC)CC2)c1. The normalized spacial score (nSPS) is 18.7. The molecular weight excluding hydrogens is 264 g/mol. The first kappa shape index (κ1) is 16.3. The third-order valence-electron chi connectivity index (χ3n) is 4.50. The molecule has 0 amide bonds. The van der Waals surface area contributed by atoms with E-state index in [4.69, 9.17) is 9.47 Å². The van der Waals surface area contributed by atoms with Crippen molar-refractivity contribution in [3.8, 4) is 5.75 Å². The number of hydrogen-bond acceptors (Lipinski definition) is 4. The monoisotopic (exact) mass is 292 g/mol. The first-order chi connectivity index (χ1) is 10.2. The maximum Gasteiger partial charge on any atom is 0.123 e. The summed E-state index contributed by atoms with van der Waals surface area (Å²) in [7, 11) is 5.55. The van der Waals surface area contributed by atoms with Crippen LogP contribution in [0.25, 0.3) is 0 Å². The van der Waals surface area contributed by atoms with Crippen LogP contribution in [0.2, 0.25) is 0 Å². The molecule has 0 spiro atoms. The zero-order valence-corrected chi connectivity index (χ0v) is 13.7. The van der Waals surface area contributed by atoms with E-state index in [1.54, 1.807) is 7.11 Å². The van der Waals surface area contributed by atoms with Crippen molar-refractivity contribution in [3.63, 3.8) is 0 Å². The molecule has 1 aromatic carbocycles. The molecule has 4 heteroatoms. The second-order valence-electron chi connectivity index (χ2n) is 5.79. The largest absolute Gasteiger partial charge is 0.496 e. The molecule has 1 atom stereocenters. The van der Waals surface area contributed by atoms with Gasteiger partial charge in [0.25, 0.3) is 0 Å². The van der Waals surface area contributed by atoms with Crippen LogP contribution >= 0.6 is 0 Å². The molecule has 0 bridgehead atoms. The van der Waals surface area contributed by atoms with Gasteiger partial charge in [-0.15, -0.1) is 0 Å². The Balaban J connectivity index is 2.07. The highest BCUT2D eigenvalue weighted by Crippen LogP contribution is 2.26. The highest BCUT2D eigenvalue weighted by Gasteiger charge is 2.20. The summed E-state index contributed by atoms with van der Waals surface area (Å²) in [5.41, 5.74) is 2.58. The van der Waals surface area contributed by atoms with Gasteiger partial charge in [-0.2, -0.15) is 0 Å². The quantitative estimate of drug-likeness (QED) is 0.874. The van der Waals surface area contributed by atoms with Gasteiger partial charge >= 0.3 is 0 Å². The van der Waals surface area contributed by atoms with Gasteiger partial charge < -0.3 is 14.8 Å².